The Morgan fingerprint density at radius 3 is 3.00 bits per heavy atom. The molecular formula is C10H20N2O2. The van der Waals surface area contributed by atoms with Gasteiger partial charge in [0, 0.05) is 19.5 Å². The Hall–Kier alpha value is -0.610. The number of carbonyl (C=O) groups excluding carboxylic acids is 1. The molecule has 1 amide bonds. The van der Waals surface area contributed by atoms with Crippen LogP contribution in [0.3, 0.4) is 0 Å². The number of nitrogens with two attached hydrogens (primary N) is 1. The molecule has 1 fully saturated rings. The molecular weight excluding hydrogens is 180 g/mol. The minimum atomic E-state index is 0.183. The Labute approximate surface area is 85.4 Å². The van der Waals surface area contributed by atoms with Crippen molar-refractivity contribution in [3.8, 4) is 0 Å². The normalized spacial score (nSPS) is 22.4. The predicted molar refractivity (Wildman–Crippen MR) is 54.9 cm³/mol. The van der Waals surface area contributed by atoms with Crippen molar-refractivity contribution in [2.75, 3.05) is 26.2 Å². The van der Waals surface area contributed by atoms with Crippen LogP contribution in [0.5, 0.6) is 0 Å². The Kier molecular flexibility index (Phi) is 4.90. The van der Waals surface area contributed by atoms with E-state index < -0.39 is 0 Å². The quantitative estimate of drug-likeness (QED) is 0.667. The molecule has 1 atom stereocenters. The number of nitrogens with zero attached hydrogens (tertiary/aromatic N) is 1. The molecule has 1 aliphatic heterocycles. The number of hydrogen-bond acceptors (Lipinski definition) is 3. The van der Waals surface area contributed by atoms with Crippen molar-refractivity contribution in [3.05, 3.63) is 0 Å². The van der Waals surface area contributed by atoms with Gasteiger partial charge in [0.25, 0.3) is 0 Å². The van der Waals surface area contributed by atoms with E-state index >= 15 is 0 Å². The Morgan fingerprint density at radius 2 is 2.36 bits per heavy atom. The molecule has 1 unspecified atom stereocenters. The minimum absolute atomic E-state index is 0.183. The summed E-state index contributed by atoms with van der Waals surface area (Å²) in [7, 11) is 0. The van der Waals surface area contributed by atoms with Crippen LogP contribution in [0.15, 0.2) is 0 Å². The van der Waals surface area contributed by atoms with Crippen molar-refractivity contribution >= 4 is 5.91 Å². The summed E-state index contributed by atoms with van der Waals surface area (Å²) in [5.41, 5.74) is 5.37. The fraction of sp³-hybridized carbons (Fsp3) is 0.900. The number of amides is 1. The van der Waals surface area contributed by atoms with Gasteiger partial charge in [-0.1, -0.05) is 0 Å². The third kappa shape index (κ3) is 3.64. The maximum Gasteiger partial charge on any atom is 0.222 e. The van der Waals surface area contributed by atoms with Gasteiger partial charge in [-0.25, -0.2) is 0 Å². The lowest BCUT2D eigenvalue weighted by atomic mass is 10.2. The number of ether oxygens (including phenoxy) is 1. The first-order valence-electron chi connectivity index (χ1n) is 5.33. The van der Waals surface area contributed by atoms with E-state index in [1.807, 2.05) is 11.8 Å². The second-order valence-corrected chi connectivity index (χ2v) is 3.77. The van der Waals surface area contributed by atoms with Crippen molar-refractivity contribution < 1.29 is 9.53 Å². The lowest BCUT2D eigenvalue weighted by molar-refractivity contribution is -0.138. The van der Waals surface area contributed by atoms with Crippen molar-refractivity contribution in [2.24, 2.45) is 5.73 Å². The minimum Gasteiger partial charge on any atom is -0.375 e. The predicted octanol–water partition coefficient (Wildman–Crippen LogP) is 0.363. The van der Waals surface area contributed by atoms with Crippen LogP contribution >= 0.6 is 0 Å². The molecule has 1 saturated heterocycles. The first-order valence-corrected chi connectivity index (χ1v) is 5.33. The van der Waals surface area contributed by atoms with Gasteiger partial charge < -0.3 is 15.4 Å². The highest BCUT2D eigenvalue weighted by Crippen LogP contribution is 2.07. The van der Waals surface area contributed by atoms with Crippen LogP contribution in [0.4, 0.5) is 0 Å². The standard InChI is InChI=1S/C10H20N2O2/c1-9-8-12(6-7-14-9)10(13)4-2-3-5-11/h9H,2-8,11H2,1H3. The Bertz CT molecular complexity index is 185. The van der Waals surface area contributed by atoms with Crippen molar-refractivity contribution in [2.45, 2.75) is 32.3 Å². The van der Waals surface area contributed by atoms with Crippen LogP contribution in [0.25, 0.3) is 0 Å². The number of rotatable bonds is 4. The van der Waals surface area contributed by atoms with Gasteiger partial charge in [-0.3, -0.25) is 4.79 Å². The van der Waals surface area contributed by atoms with E-state index in [4.69, 9.17) is 10.5 Å². The summed E-state index contributed by atoms with van der Waals surface area (Å²) in [5.74, 6) is 0.244. The van der Waals surface area contributed by atoms with Gasteiger partial charge in [0.05, 0.1) is 12.7 Å². The zero-order valence-corrected chi connectivity index (χ0v) is 8.87. The maximum atomic E-state index is 11.6. The van der Waals surface area contributed by atoms with Gasteiger partial charge in [0.2, 0.25) is 5.91 Å². The molecule has 14 heavy (non-hydrogen) atoms. The third-order valence-electron chi connectivity index (χ3n) is 2.44. The number of carbonyl (C=O) groups is 1. The number of morpholine rings is 1. The van der Waals surface area contributed by atoms with Crippen molar-refractivity contribution in [1.29, 1.82) is 0 Å². The molecule has 0 spiro atoms. The van der Waals surface area contributed by atoms with Gasteiger partial charge in [-0.15, -0.1) is 0 Å². The molecule has 0 radical (unpaired) electrons. The average Bonchev–Trinajstić information content (AvgIpc) is 2.18. The molecule has 0 aromatic rings. The molecule has 4 heteroatoms. The molecule has 1 aliphatic rings. The van der Waals surface area contributed by atoms with Gasteiger partial charge >= 0.3 is 0 Å². The number of unbranched alkanes of at least 4 members (excludes halogenated alkanes) is 1. The topological polar surface area (TPSA) is 55.6 Å². The van der Waals surface area contributed by atoms with Crippen molar-refractivity contribution in [3.63, 3.8) is 0 Å². The molecule has 0 aromatic carbocycles. The van der Waals surface area contributed by atoms with Crippen LogP contribution in [-0.2, 0) is 9.53 Å². The second-order valence-electron chi connectivity index (χ2n) is 3.77. The maximum absolute atomic E-state index is 11.6. The summed E-state index contributed by atoms with van der Waals surface area (Å²) < 4.78 is 5.37. The molecule has 1 heterocycles. The van der Waals surface area contributed by atoms with Crippen LogP contribution in [0.2, 0.25) is 0 Å². The molecule has 2 N–H and O–H groups in total. The summed E-state index contributed by atoms with van der Waals surface area (Å²) in [4.78, 5) is 13.5. The first kappa shape index (κ1) is 11.5. The van der Waals surface area contributed by atoms with E-state index in [0.717, 1.165) is 25.9 Å². The van der Waals surface area contributed by atoms with E-state index in [1.54, 1.807) is 0 Å². The van der Waals surface area contributed by atoms with Crippen LogP contribution in [0, 0.1) is 0 Å². The molecule has 0 aromatic heterocycles. The van der Waals surface area contributed by atoms with E-state index in [-0.39, 0.29) is 12.0 Å². The fourth-order valence-corrected chi connectivity index (χ4v) is 1.62. The molecule has 0 bridgehead atoms. The highest BCUT2D eigenvalue weighted by atomic mass is 16.5. The molecule has 82 valence electrons. The van der Waals surface area contributed by atoms with Crippen molar-refractivity contribution in [1.82, 2.24) is 4.90 Å². The monoisotopic (exact) mass is 200 g/mol. The smallest absolute Gasteiger partial charge is 0.222 e. The average molecular weight is 200 g/mol. The third-order valence-corrected chi connectivity index (χ3v) is 2.44. The van der Waals surface area contributed by atoms with Gasteiger partial charge in [0.15, 0.2) is 0 Å². The second kappa shape index (κ2) is 5.98. The Morgan fingerprint density at radius 1 is 1.57 bits per heavy atom. The SMILES string of the molecule is CC1CN(C(=O)CCCCN)CCO1. The van der Waals surface area contributed by atoms with E-state index in [0.29, 0.717) is 19.6 Å². The van der Waals surface area contributed by atoms with Crippen LogP contribution in [0.1, 0.15) is 26.2 Å². The highest BCUT2D eigenvalue weighted by molar-refractivity contribution is 5.76. The summed E-state index contributed by atoms with van der Waals surface area (Å²) in [6.07, 6.45) is 2.65. The fourth-order valence-electron chi connectivity index (χ4n) is 1.62. The van der Waals surface area contributed by atoms with Crippen LogP contribution in [-0.4, -0.2) is 43.2 Å². The zero-order chi connectivity index (χ0) is 10.4. The van der Waals surface area contributed by atoms with Gasteiger partial charge in [-0.2, -0.15) is 0 Å². The van der Waals surface area contributed by atoms with Crippen LogP contribution < -0.4 is 5.73 Å². The van der Waals surface area contributed by atoms with E-state index in [2.05, 4.69) is 0 Å². The largest absolute Gasteiger partial charge is 0.375 e. The molecule has 0 aliphatic carbocycles. The molecule has 1 rings (SSSR count). The highest BCUT2D eigenvalue weighted by Gasteiger charge is 2.20. The number of hydrogen-bond donors (Lipinski definition) is 1. The summed E-state index contributed by atoms with van der Waals surface area (Å²) >= 11 is 0. The van der Waals surface area contributed by atoms with Gasteiger partial charge in [-0.05, 0) is 26.3 Å². The van der Waals surface area contributed by atoms with Gasteiger partial charge in [0.1, 0.15) is 0 Å². The van der Waals surface area contributed by atoms with E-state index in [1.165, 1.54) is 0 Å². The lowest BCUT2D eigenvalue weighted by Gasteiger charge is -2.31. The molecule has 0 saturated carbocycles. The summed E-state index contributed by atoms with van der Waals surface area (Å²) in [6, 6.07) is 0. The Balaban J connectivity index is 2.22. The zero-order valence-electron chi connectivity index (χ0n) is 8.87. The molecule has 4 nitrogen and oxygen atoms in total. The summed E-state index contributed by atoms with van der Waals surface area (Å²) in [5, 5.41) is 0. The summed E-state index contributed by atoms with van der Waals surface area (Å²) in [6.45, 7) is 4.82. The first-order chi connectivity index (χ1) is 6.74. The van der Waals surface area contributed by atoms with E-state index in [9.17, 15) is 4.79 Å². The lowest BCUT2D eigenvalue weighted by Crippen LogP contribution is -2.44.